The summed E-state index contributed by atoms with van der Waals surface area (Å²) < 4.78 is 39.0. The molecule has 1 N–H and O–H groups in total. The van der Waals surface area contributed by atoms with Gasteiger partial charge in [-0.3, -0.25) is 14.3 Å². The summed E-state index contributed by atoms with van der Waals surface area (Å²) in [5.74, 6) is -0.763. The summed E-state index contributed by atoms with van der Waals surface area (Å²) in [5.41, 5.74) is -0.216. The zero-order valence-electron chi connectivity index (χ0n) is 14.7. The predicted octanol–water partition coefficient (Wildman–Crippen LogP) is 2.01. The molecule has 27 heavy (non-hydrogen) atoms. The molecule has 1 aliphatic rings. The lowest BCUT2D eigenvalue weighted by Gasteiger charge is -2.17. The number of alkyl halides is 3. The van der Waals surface area contributed by atoms with Crippen molar-refractivity contribution in [3.05, 3.63) is 53.3 Å². The van der Waals surface area contributed by atoms with Gasteiger partial charge in [0.1, 0.15) is 5.69 Å². The lowest BCUT2D eigenvalue weighted by Crippen LogP contribution is -2.38. The topological polar surface area (TPSA) is 67.2 Å². The van der Waals surface area contributed by atoms with Gasteiger partial charge in [-0.15, -0.1) is 0 Å². The van der Waals surface area contributed by atoms with Crippen LogP contribution in [0.2, 0.25) is 0 Å². The van der Waals surface area contributed by atoms with Crippen molar-refractivity contribution in [1.29, 1.82) is 0 Å². The first-order valence-electron chi connectivity index (χ1n) is 8.48. The maximum Gasteiger partial charge on any atom is 0.435 e. The van der Waals surface area contributed by atoms with Gasteiger partial charge in [-0.1, -0.05) is 30.3 Å². The number of hydrogen-bond acceptors (Lipinski definition) is 3. The number of nitrogens with zero attached hydrogens (tertiary/aromatic N) is 3. The number of benzene rings is 1. The molecule has 2 heterocycles. The standard InChI is InChI=1S/C18H19F3N4O2/c1-24-14(10-15(23-24)18(19,20)21)17(27)22-13-9-16(26)25(11-13)8-7-12-5-3-2-4-6-12/h2-6,10,13H,7-9,11H2,1H3,(H,22,27). The Morgan fingerprint density at radius 3 is 2.63 bits per heavy atom. The van der Waals surface area contributed by atoms with Gasteiger partial charge in [0.2, 0.25) is 5.91 Å². The zero-order valence-corrected chi connectivity index (χ0v) is 14.7. The van der Waals surface area contributed by atoms with Crippen LogP contribution in [0.25, 0.3) is 0 Å². The molecule has 0 aliphatic carbocycles. The van der Waals surface area contributed by atoms with Crippen molar-refractivity contribution in [3.63, 3.8) is 0 Å². The zero-order chi connectivity index (χ0) is 19.6. The van der Waals surface area contributed by atoms with E-state index in [2.05, 4.69) is 10.4 Å². The molecule has 0 saturated carbocycles. The molecule has 2 amide bonds. The number of halogens is 3. The van der Waals surface area contributed by atoms with Crippen LogP contribution in [0.3, 0.4) is 0 Å². The Balaban J connectivity index is 1.58. The van der Waals surface area contributed by atoms with Crippen LogP contribution in [0.1, 0.15) is 28.2 Å². The second-order valence-corrected chi connectivity index (χ2v) is 6.49. The number of rotatable bonds is 5. The van der Waals surface area contributed by atoms with Crippen LogP contribution in [-0.4, -0.2) is 45.6 Å². The van der Waals surface area contributed by atoms with E-state index in [-0.39, 0.29) is 18.0 Å². The van der Waals surface area contributed by atoms with Gasteiger partial charge >= 0.3 is 6.18 Å². The highest BCUT2D eigenvalue weighted by molar-refractivity contribution is 5.93. The third-order valence-electron chi connectivity index (χ3n) is 4.47. The van der Waals surface area contributed by atoms with E-state index in [1.807, 2.05) is 30.3 Å². The summed E-state index contributed by atoms with van der Waals surface area (Å²) in [6, 6.07) is 9.98. The average Bonchev–Trinajstić information content (AvgIpc) is 3.16. The second kappa shape index (κ2) is 7.42. The Morgan fingerprint density at radius 2 is 2.00 bits per heavy atom. The molecule has 1 aromatic heterocycles. The van der Waals surface area contributed by atoms with E-state index < -0.39 is 23.8 Å². The fourth-order valence-corrected chi connectivity index (χ4v) is 3.07. The van der Waals surface area contributed by atoms with E-state index in [0.29, 0.717) is 25.6 Å². The Morgan fingerprint density at radius 1 is 1.30 bits per heavy atom. The van der Waals surface area contributed by atoms with Crippen LogP contribution >= 0.6 is 0 Å². The van der Waals surface area contributed by atoms with Crippen molar-refractivity contribution < 1.29 is 22.8 Å². The minimum atomic E-state index is -4.62. The van der Waals surface area contributed by atoms with Gasteiger partial charge in [-0.25, -0.2) is 0 Å². The molecular formula is C18H19F3N4O2. The van der Waals surface area contributed by atoms with Crippen molar-refractivity contribution in [3.8, 4) is 0 Å². The van der Waals surface area contributed by atoms with Crippen molar-refractivity contribution in [2.75, 3.05) is 13.1 Å². The molecule has 1 fully saturated rings. The number of hydrogen-bond donors (Lipinski definition) is 1. The van der Waals surface area contributed by atoms with E-state index in [4.69, 9.17) is 0 Å². The maximum atomic E-state index is 12.7. The highest BCUT2D eigenvalue weighted by Gasteiger charge is 2.36. The van der Waals surface area contributed by atoms with Gasteiger partial charge in [-0.05, 0) is 12.0 Å². The summed E-state index contributed by atoms with van der Waals surface area (Å²) >= 11 is 0. The monoisotopic (exact) mass is 380 g/mol. The molecule has 1 aromatic carbocycles. The Labute approximate surface area is 154 Å². The smallest absolute Gasteiger partial charge is 0.346 e. The lowest BCUT2D eigenvalue weighted by molar-refractivity contribution is -0.141. The van der Waals surface area contributed by atoms with Gasteiger partial charge in [-0.2, -0.15) is 18.3 Å². The predicted molar refractivity (Wildman–Crippen MR) is 90.8 cm³/mol. The van der Waals surface area contributed by atoms with E-state index in [9.17, 15) is 22.8 Å². The van der Waals surface area contributed by atoms with Gasteiger partial charge in [0.15, 0.2) is 5.69 Å². The van der Waals surface area contributed by atoms with Crippen molar-refractivity contribution >= 4 is 11.8 Å². The fraction of sp³-hybridized carbons (Fsp3) is 0.389. The number of nitrogens with one attached hydrogen (secondary N) is 1. The second-order valence-electron chi connectivity index (χ2n) is 6.49. The molecule has 9 heteroatoms. The summed E-state index contributed by atoms with van der Waals surface area (Å²) in [6.45, 7) is 0.862. The summed E-state index contributed by atoms with van der Waals surface area (Å²) in [5, 5.41) is 5.95. The minimum absolute atomic E-state index is 0.0859. The number of carbonyl (C=O) groups excluding carboxylic acids is 2. The molecule has 1 atom stereocenters. The Kier molecular flexibility index (Phi) is 5.20. The fourth-order valence-electron chi connectivity index (χ4n) is 3.07. The van der Waals surface area contributed by atoms with E-state index in [1.54, 1.807) is 4.90 Å². The van der Waals surface area contributed by atoms with Crippen LogP contribution in [0.15, 0.2) is 36.4 Å². The molecule has 1 aliphatic heterocycles. The molecule has 0 spiro atoms. The SMILES string of the molecule is Cn1nc(C(F)(F)F)cc1C(=O)NC1CC(=O)N(CCc2ccccc2)C1. The molecule has 1 saturated heterocycles. The van der Waals surface area contributed by atoms with Gasteiger partial charge in [0, 0.05) is 32.6 Å². The van der Waals surface area contributed by atoms with Gasteiger partial charge in [0.25, 0.3) is 5.91 Å². The normalized spacial score (nSPS) is 17.4. The highest BCUT2D eigenvalue weighted by atomic mass is 19.4. The number of amides is 2. The molecule has 6 nitrogen and oxygen atoms in total. The first-order chi connectivity index (χ1) is 12.7. The number of carbonyl (C=O) groups is 2. The number of aromatic nitrogens is 2. The molecular weight excluding hydrogens is 361 g/mol. The minimum Gasteiger partial charge on any atom is -0.346 e. The van der Waals surface area contributed by atoms with Crippen LogP contribution in [-0.2, 0) is 24.4 Å². The van der Waals surface area contributed by atoms with Crippen LogP contribution in [0.4, 0.5) is 13.2 Å². The first kappa shape index (κ1) is 18.9. The summed E-state index contributed by atoms with van der Waals surface area (Å²) in [4.78, 5) is 26.1. The number of likely N-dealkylation sites (tertiary alicyclic amines) is 1. The van der Waals surface area contributed by atoms with Crippen molar-refractivity contribution in [2.45, 2.75) is 25.1 Å². The van der Waals surface area contributed by atoms with Crippen molar-refractivity contribution in [1.82, 2.24) is 20.0 Å². The summed E-state index contributed by atoms with van der Waals surface area (Å²) in [7, 11) is 1.27. The first-order valence-corrected chi connectivity index (χ1v) is 8.48. The number of aryl methyl sites for hydroxylation is 1. The third kappa shape index (κ3) is 4.47. The van der Waals surface area contributed by atoms with Crippen LogP contribution < -0.4 is 5.32 Å². The molecule has 1 unspecified atom stereocenters. The highest BCUT2D eigenvalue weighted by Crippen LogP contribution is 2.28. The summed E-state index contributed by atoms with van der Waals surface area (Å²) in [6.07, 6.45) is -3.79. The molecule has 3 rings (SSSR count). The van der Waals surface area contributed by atoms with Crippen LogP contribution in [0, 0.1) is 0 Å². The van der Waals surface area contributed by atoms with Crippen molar-refractivity contribution in [2.24, 2.45) is 7.05 Å². The Hall–Kier alpha value is -2.84. The van der Waals surface area contributed by atoms with Gasteiger partial charge in [0.05, 0.1) is 6.04 Å². The molecule has 144 valence electrons. The molecule has 2 aromatic rings. The quantitative estimate of drug-likeness (QED) is 0.863. The van der Waals surface area contributed by atoms with E-state index in [1.165, 1.54) is 7.05 Å². The van der Waals surface area contributed by atoms with E-state index in [0.717, 1.165) is 10.2 Å². The largest absolute Gasteiger partial charge is 0.435 e. The molecule has 0 radical (unpaired) electrons. The van der Waals surface area contributed by atoms with Crippen LogP contribution in [0.5, 0.6) is 0 Å². The van der Waals surface area contributed by atoms with Gasteiger partial charge < -0.3 is 10.2 Å². The molecule has 0 bridgehead atoms. The maximum absolute atomic E-state index is 12.7. The third-order valence-corrected chi connectivity index (χ3v) is 4.47. The van der Waals surface area contributed by atoms with E-state index >= 15 is 0 Å². The Bertz CT molecular complexity index is 833. The lowest BCUT2D eigenvalue weighted by atomic mass is 10.1. The average molecular weight is 380 g/mol.